The van der Waals surface area contributed by atoms with Crippen LogP contribution in [-0.2, 0) is 18.4 Å². The molecule has 0 radical (unpaired) electrons. The maximum Gasteiger partial charge on any atom is 0.237 e. The van der Waals surface area contributed by atoms with Gasteiger partial charge < -0.3 is 9.88 Å². The fraction of sp³-hybridized carbons (Fsp3) is 0.765. The molecule has 1 aromatic rings. The Morgan fingerprint density at radius 3 is 2.23 bits per heavy atom. The number of rotatable bonds is 5. The van der Waals surface area contributed by atoms with Crippen LogP contribution in [0.2, 0.25) is 0 Å². The average Bonchev–Trinajstić information content (AvgIpc) is 2.72. The van der Waals surface area contributed by atoms with Crippen LogP contribution in [0.1, 0.15) is 54.3 Å². The molecule has 5 nitrogen and oxygen atoms in total. The van der Waals surface area contributed by atoms with Crippen molar-refractivity contribution in [1.82, 2.24) is 20.2 Å². The van der Waals surface area contributed by atoms with Crippen LogP contribution in [-0.4, -0.2) is 27.5 Å². The van der Waals surface area contributed by atoms with E-state index < -0.39 is 0 Å². The summed E-state index contributed by atoms with van der Waals surface area (Å²) in [6.07, 6.45) is 3.68. The topological polar surface area (TPSA) is 59.0 Å². The number of amides is 1. The van der Waals surface area contributed by atoms with E-state index in [2.05, 4.69) is 64.1 Å². The zero-order valence-corrected chi connectivity index (χ0v) is 15.3. The van der Waals surface area contributed by atoms with E-state index in [-0.39, 0.29) is 28.8 Å². The Balaban J connectivity index is 2.77. The van der Waals surface area contributed by atoms with Gasteiger partial charge in [-0.05, 0) is 17.8 Å². The summed E-state index contributed by atoms with van der Waals surface area (Å²) in [5.74, 6) is 0.968. The van der Waals surface area contributed by atoms with E-state index in [1.165, 1.54) is 0 Å². The molecule has 2 atom stereocenters. The standard InChI is InChI=1S/C17H32N4O/c1-12(16(2,3)4)20-15(22)14(17(5,6)7)19-11-13-18-9-10-21(13)8/h9-10,12,14,19H,11H2,1-8H3,(H,20,22)/t12-,14+/m0/s1. The third-order valence-electron chi connectivity index (χ3n) is 4.17. The molecule has 0 aromatic carbocycles. The first-order valence-electron chi connectivity index (χ1n) is 7.93. The van der Waals surface area contributed by atoms with Gasteiger partial charge in [-0.2, -0.15) is 0 Å². The van der Waals surface area contributed by atoms with Crippen molar-refractivity contribution in [2.45, 2.75) is 67.1 Å². The molecule has 0 aliphatic rings. The number of aromatic nitrogens is 2. The summed E-state index contributed by atoms with van der Waals surface area (Å²) in [5.41, 5.74) is -0.134. The van der Waals surface area contributed by atoms with Gasteiger partial charge in [0.1, 0.15) is 5.82 Å². The van der Waals surface area contributed by atoms with Crippen LogP contribution >= 0.6 is 0 Å². The number of nitrogens with zero attached hydrogens (tertiary/aromatic N) is 2. The molecule has 1 rings (SSSR count). The second-order valence-corrected chi connectivity index (χ2v) is 8.23. The van der Waals surface area contributed by atoms with Gasteiger partial charge in [-0.15, -0.1) is 0 Å². The molecule has 126 valence electrons. The van der Waals surface area contributed by atoms with Crippen molar-refractivity contribution in [3.63, 3.8) is 0 Å². The van der Waals surface area contributed by atoms with Gasteiger partial charge in [-0.3, -0.25) is 10.1 Å². The molecule has 0 aliphatic heterocycles. The Hall–Kier alpha value is -1.36. The van der Waals surface area contributed by atoms with E-state index in [1.807, 2.05) is 17.8 Å². The number of carbonyl (C=O) groups is 1. The predicted octanol–water partition coefficient (Wildman–Crippen LogP) is 2.48. The molecule has 0 saturated carbocycles. The van der Waals surface area contributed by atoms with Gasteiger partial charge >= 0.3 is 0 Å². The van der Waals surface area contributed by atoms with Crippen molar-refractivity contribution in [3.05, 3.63) is 18.2 Å². The maximum atomic E-state index is 12.7. The summed E-state index contributed by atoms with van der Waals surface area (Å²) < 4.78 is 1.96. The van der Waals surface area contributed by atoms with Crippen molar-refractivity contribution in [2.24, 2.45) is 17.9 Å². The van der Waals surface area contributed by atoms with E-state index in [9.17, 15) is 4.79 Å². The van der Waals surface area contributed by atoms with Crippen molar-refractivity contribution >= 4 is 5.91 Å². The Labute approximate surface area is 134 Å². The van der Waals surface area contributed by atoms with Crippen molar-refractivity contribution < 1.29 is 4.79 Å². The summed E-state index contributed by atoms with van der Waals surface area (Å²) >= 11 is 0. The van der Waals surface area contributed by atoms with Gasteiger partial charge in [0.25, 0.3) is 0 Å². The molecule has 2 N–H and O–H groups in total. The monoisotopic (exact) mass is 308 g/mol. The lowest BCUT2D eigenvalue weighted by molar-refractivity contribution is -0.127. The minimum absolute atomic E-state index is 0.0395. The number of nitrogens with one attached hydrogen (secondary N) is 2. The largest absolute Gasteiger partial charge is 0.352 e. The van der Waals surface area contributed by atoms with Gasteiger partial charge in [0, 0.05) is 25.5 Å². The summed E-state index contributed by atoms with van der Waals surface area (Å²) in [5, 5.41) is 6.51. The fourth-order valence-corrected chi connectivity index (χ4v) is 2.07. The number of aryl methyl sites for hydroxylation is 1. The number of hydrogen-bond donors (Lipinski definition) is 2. The maximum absolute atomic E-state index is 12.7. The smallest absolute Gasteiger partial charge is 0.237 e. The Kier molecular flexibility index (Phi) is 5.79. The highest BCUT2D eigenvalue weighted by Crippen LogP contribution is 2.22. The summed E-state index contributed by atoms with van der Waals surface area (Å²) in [6.45, 7) is 15.2. The lowest BCUT2D eigenvalue weighted by Crippen LogP contribution is -2.55. The molecule has 0 saturated heterocycles. The van der Waals surface area contributed by atoms with Gasteiger partial charge in [0.15, 0.2) is 0 Å². The molecule has 0 unspecified atom stereocenters. The quantitative estimate of drug-likeness (QED) is 0.878. The number of imidazole rings is 1. The third kappa shape index (κ3) is 5.13. The highest BCUT2D eigenvalue weighted by Gasteiger charge is 2.33. The van der Waals surface area contributed by atoms with E-state index >= 15 is 0 Å². The van der Waals surface area contributed by atoms with Crippen LogP contribution in [0.15, 0.2) is 12.4 Å². The van der Waals surface area contributed by atoms with Crippen molar-refractivity contribution in [3.8, 4) is 0 Å². The number of hydrogen-bond acceptors (Lipinski definition) is 3. The van der Waals surface area contributed by atoms with Gasteiger partial charge in [-0.1, -0.05) is 41.5 Å². The molecule has 0 spiro atoms. The first-order chi connectivity index (χ1) is 9.93. The SMILES string of the molecule is C[C@H](NC(=O)[C@@H](NCc1nccn1C)C(C)(C)C)C(C)(C)C. The highest BCUT2D eigenvalue weighted by atomic mass is 16.2. The van der Waals surface area contributed by atoms with Crippen LogP contribution in [0.25, 0.3) is 0 Å². The van der Waals surface area contributed by atoms with Crippen LogP contribution in [0.4, 0.5) is 0 Å². The molecule has 5 heteroatoms. The normalized spacial score (nSPS) is 15.5. The third-order valence-corrected chi connectivity index (χ3v) is 4.17. The molecule has 0 aliphatic carbocycles. The van der Waals surface area contributed by atoms with E-state index in [0.717, 1.165) is 5.82 Å². The number of carbonyl (C=O) groups excluding carboxylic acids is 1. The van der Waals surface area contributed by atoms with Crippen LogP contribution in [0.5, 0.6) is 0 Å². The Morgan fingerprint density at radius 1 is 1.23 bits per heavy atom. The first-order valence-corrected chi connectivity index (χ1v) is 7.93. The van der Waals surface area contributed by atoms with Crippen LogP contribution in [0, 0.1) is 10.8 Å². The molecule has 0 fully saturated rings. The summed E-state index contributed by atoms with van der Waals surface area (Å²) in [7, 11) is 1.96. The van der Waals surface area contributed by atoms with E-state index in [4.69, 9.17) is 0 Å². The molecule has 0 bridgehead atoms. The Bertz CT molecular complexity index is 493. The fourth-order valence-electron chi connectivity index (χ4n) is 2.07. The molecule has 1 amide bonds. The van der Waals surface area contributed by atoms with E-state index in [1.54, 1.807) is 6.20 Å². The first kappa shape index (κ1) is 18.7. The van der Waals surface area contributed by atoms with Gasteiger partial charge in [-0.25, -0.2) is 4.98 Å². The zero-order chi connectivity index (χ0) is 17.1. The minimum atomic E-state index is -0.269. The second-order valence-electron chi connectivity index (χ2n) is 8.23. The summed E-state index contributed by atoms with van der Waals surface area (Å²) in [4.78, 5) is 17.0. The van der Waals surface area contributed by atoms with E-state index in [0.29, 0.717) is 6.54 Å². The van der Waals surface area contributed by atoms with Crippen molar-refractivity contribution in [2.75, 3.05) is 0 Å². The molecular weight excluding hydrogens is 276 g/mol. The molecule has 1 heterocycles. The lowest BCUT2D eigenvalue weighted by Gasteiger charge is -2.34. The predicted molar refractivity (Wildman–Crippen MR) is 90.4 cm³/mol. The highest BCUT2D eigenvalue weighted by molar-refractivity contribution is 5.82. The van der Waals surface area contributed by atoms with Gasteiger partial charge in [0.05, 0.1) is 12.6 Å². The minimum Gasteiger partial charge on any atom is -0.352 e. The van der Waals surface area contributed by atoms with Crippen LogP contribution < -0.4 is 10.6 Å². The van der Waals surface area contributed by atoms with Gasteiger partial charge in [0.2, 0.25) is 5.91 Å². The molecular formula is C17H32N4O. The molecule has 22 heavy (non-hydrogen) atoms. The summed E-state index contributed by atoms with van der Waals surface area (Å²) in [6, 6.07) is -0.159. The molecule has 1 aromatic heterocycles. The van der Waals surface area contributed by atoms with Crippen molar-refractivity contribution in [1.29, 1.82) is 0 Å². The average molecular weight is 308 g/mol. The zero-order valence-electron chi connectivity index (χ0n) is 15.3. The second kappa shape index (κ2) is 6.82. The van der Waals surface area contributed by atoms with Crippen LogP contribution in [0.3, 0.4) is 0 Å². The lowest BCUT2D eigenvalue weighted by atomic mass is 9.84. The Morgan fingerprint density at radius 2 is 1.82 bits per heavy atom.